The number of carbonyl (C=O) groups excluding carboxylic acids is 1. The van der Waals surface area contributed by atoms with Crippen molar-refractivity contribution in [1.82, 2.24) is 5.32 Å². The van der Waals surface area contributed by atoms with E-state index in [2.05, 4.69) is 5.32 Å². The lowest BCUT2D eigenvalue weighted by molar-refractivity contribution is 0.0919. The molecular formula is C11H16ClNO2. The van der Waals surface area contributed by atoms with Crippen molar-refractivity contribution in [1.29, 1.82) is 0 Å². The Morgan fingerprint density at radius 1 is 1.53 bits per heavy atom. The van der Waals surface area contributed by atoms with Gasteiger partial charge >= 0.3 is 0 Å². The molecule has 1 rings (SSSR count). The summed E-state index contributed by atoms with van der Waals surface area (Å²) < 4.78 is 5.29. The largest absolute Gasteiger partial charge is 0.466 e. The highest BCUT2D eigenvalue weighted by Gasteiger charge is 2.22. The van der Waals surface area contributed by atoms with Crippen molar-refractivity contribution in [3.05, 3.63) is 23.2 Å². The first-order valence-corrected chi connectivity index (χ1v) is 5.35. The predicted molar refractivity (Wildman–Crippen MR) is 60.4 cm³/mol. The molecule has 15 heavy (non-hydrogen) atoms. The maximum atomic E-state index is 11.8. The summed E-state index contributed by atoms with van der Waals surface area (Å²) in [5.74, 6) is 1.60. The number of nitrogens with one attached hydrogen (secondary N) is 1. The van der Waals surface area contributed by atoms with Gasteiger partial charge in [-0.15, -0.1) is 11.6 Å². The van der Waals surface area contributed by atoms with E-state index in [0.717, 1.165) is 5.76 Å². The summed E-state index contributed by atoms with van der Waals surface area (Å²) in [5.41, 5.74) is 0.168. The van der Waals surface area contributed by atoms with E-state index in [1.165, 1.54) is 0 Å². The van der Waals surface area contributed by atoms with E-state index >= 15 is 0 Å². The van der Waals surface area contributed by atoms with Crippen LogP contribution in [-0.2, 0) is 0 Å². The highest BCUT2D eigenvalue weighted by molar-refractivity contribution is 6.18. The van der Waals surface area contributed by atoms with Crippen LogP contribution >= 0.6 is 11.6 Å². The normalized spacial score (nSPS) is 11.5. The molecule has 0 bridgehead atoms. The van der Waals surface area contributed by atoms with Crippen LogP contribution in [0, 0.1) is 13.8 Å². The van der Waals surface area contributed by atoms with E-state index in [0.29, 0.717) is 17.2 Å². The first-order chi connectivity index (χ1) is 6.85. The maximum absolute atomic E-state index is 11.8. The van der Waals surface area contributed by atoms with E-state index in [1.807, 2.05) is 20.8 Å². The average Bonchev–Trinajstić information content (AvgIpc) is 2.45. The van der Waals surface area contributed by atoms with E-state index in [9.17, 15) is 4.79 Å². The van der Waals surface area contributed by atoms with Gasteiger partial charge in [-0.25, -0.2) is 0 Å². The van der Waals surface area contributed by atoms with E-state index in [1.54, 1.807) is 13.0 Å². The molecule has 1 amide bonds. The number of aryl methyl sites for hydroxylation is 2. The fourth-order valence-electron chi connectivity index (χ4n) is 1.26. The Morgan fingerprint density at radius 3 is 2.53 bits per heavy atom. The summed E-state index contributed by atoms with van der Waals surface area (Å²) >= 11 is 5.73. The van der Waals surface area contributed by atoms with Gasteiger partial charge < -0.3 is 9.73 Å². The zero-order chi connectivity index (χ0) is 11.6. The molecule has 1 heterocycles. The predicted octanol–water partition coefficient (Wildman–Crippen LogP) is 2.64. The minimum atomic E-state index is -0.406. The molecule has 0 aliphatic rings. The van der Waals surface area contributed by atoms with Crippen molar-refractivity contribution in [2.75, 3.05) is 5.88 Å². The molecule has 84 valence electrons. The summed E-state index contributed by atoms with van der Waals surface area (Å²) in [6, 6.07) is 1.73. The summed E-state index contributed by atoms with van der Waals surface area (Å²) in [5, 5.41) is 2.85. The lowest BCUT2D eigenvalue weighted by Crippen LogP contribution is -2.44. The van der Waals surface area contributed by atoms with Gasteiger partial charge in [-0.1, -0.05) is 0 Å². The summed E-state index contributed by atoms with van der Waals surface area (Å²) in [4.78, 5) is 11.8. The smallest absolute Gasteiger partial charge is 0.255 e. The molecule has 0 aliphatic heterocycles. The second-order valence-corrected chi connectivity index (χ2v) is 4.57. The molecule has 1 aromatic rings. The van der Waals surface area contributed by atoms with Crippen LogP contribution in [0.2, 0.25) is 0 Å². The first-order valence-electron chi connectivity index (χ1n) is 4.81. The van der Waals surface area contributed by atoms with Gasteiger partial charge in [-0.2, -0.15) is 0 Å². The van der Waals surface area contributed by atoms with E-state index in [-0.39, 0.29) is 5.91 Å². The second-order valence-electron chi connectivity index (χ2n) is 4.30. The van der Waals surface area contributed by atoms with Crippen LogP contribution in [0.1, 0.15) is 35.7 Å². The third kappa shape index (κ3) is 2.99. The van der Waals surface area contributed by atoms with Crippen molar-refractivity contribution in [2.45, 2.75) is 33.2 Å². The molecule has 0 saturated heterocycles. The van der Waals surface area contributed by atoms with Gasteiger partial charge in [0.25, 0.3) is 5.91 Å². The van der Waals surface area contributed by atoms with Crippen molar-refractivity contribution in [2.24, 2.45) is 0 Å². The molecule has 0 radical (unpaired) electrons. The fourth-order valence-corrected chi connectivity index (χ4v) is 1.33. The Balaban J connectivity index is 2.82. The van der Waals surface area contributed by atoms with Gasteiger partial charge in [0, 0.05) is 11.4 Å². The van der Waals surface area contributed by atoms with E-state index in [4.69, 9.17) is 16.0 Å². The zero-order valence-electron chi connectivity index (χ0n) is 9.48. The molecule has 0 aromatic carbocycles. The maximum Gasteiger partial charge on any atom is 0.255 e. The van der Waals surface area contributed by atoms with Gasteiger partial charge in [0.05, 0.1) is 5.56 Å². The third-order valence-corrected chi connectivity index (χ3v) is 2.74. The summed E-state index contributed by atoms with van der Waals surface area (Å²) in [6.07, 6.45) is 0. The lowest BCUT2D eigenvalue weighted by Gasteiger charge is -2.22. The highest BCUT2D eigenvalue weighted by atomic mass is 35.5. The minimum absolute atomic E-state index is 0.144. The summed E-state index contributed by atoms with van der Waals surface area (Å²) in [6.45, 7) is 7.34. The zero-order valence-corrected chi connectivity index (χ0v) is 10.2. The van der Waals surface area contributed by atoms with Crippen LogP contribution in [0.5, 0.6) is 0 Å². The molecule has 4 heteroatoms. The van der Waals surface area contributed by atoms with Crippen molar-refractivity contribution in [3.63, 3.8) is 0 Å². The molecule has 3 nitrogen and oxygen atoms in total. The Labute approximate surface area is 94.8 Å². The van der Waals surface area contributed by atoms with Crippen molar-refractivity contribution in [3.8, 4) is 0 Å². The number of hydrogen-bond donors (Lipinski definition) is 1. The molecule has 0 unspecified atom stereocenters. The molecule has 0 spiro atoms. The number of carbonyl (C=O) groups is 1. The highest BCUT2D eigenvalue weighted by Crippen LogP contribution is 2.15. The Kier molecular flexibility index (Phi) is 3.45. The van der Waals surface area contributed by atoms with Gasteiger partial charge in [0.15, 0.2) is 0 Å². The van der Waals surface area contributed by atoms with Gasteiger partial charge in [0.1, 0.15) is 11.5 Å². The van der Waals surface area contributed by atoms with Gasteiger partial charge in [0.2, 0.25) is 0 Å². The van der Waals surface area contributed by atoms with Crippen LogP contribution in [0.4, 0.5) is 0 Å². The van der Waals surface area contributed by atoms with Crippen LogP contribution in [0.25, 0.3) is 0 Å². The Morgan fingerprint density at radius 2 is 2.13 bits per heavy atom. The van der Waals surface area contributed by atoms with Crippen LogP contribution < -0.4 is 5.32 Å². The van der Waals surface area contributed by atoms with Crippen LogP contribution in [0.3, 0.4) is 0 Å². The Hall–Kier alpha value is -0.960. The number of furan rings is 1. The fraction of sp³-hybridized carbons (Fsp3) is 0.545. The van der Waals surface area contributed by atoms with E-state index < -0.39 is 5.54 Å². The minimum Gasteiger partial charge on any atom is -0.466 e. The number of rotatable bonds is 3. The lowest BCUT2D eigenvalue weighted by atomic mass is 10.1. The molecule has 1 N–H and O–H groups in total. The molecule has 0 aliphatic carbocycles. The Bertz CT molecular complexity index is 369. The quantitative estimate of drug-likeness (QED) is 0.810. The first kappa shape index (κ1) is 12.1. The molecular weight excluding hydrogens is 214 g/mol. The van der Waals surface area contributed by atoms with Gasteiger partial charge in [-0.3, -0.25) is 4.79 Å². The van der Waals surface area contributed by atoms with Crippen LogP contribution in [0.15, 0.2) is 10.5 Å². The SMILES string of the molecule is Cc1cc(C(=O)NC(C)(C)CCl)c(C)o1. The number of hydrogen-bond acceptors (Lipinski definition) is 2. The molecule has 0 saturated carbocycles. The average molecular weight is 230 g/mol. The number of alkyl halides is 1. The summed E-state index contributed by atoms with van der Waals surface area (Å²) in [7, 11) is 0. The van der Waals surface area contributed by atoms with Crippen molar-refractivity contribution >= 4 is 17.5 Å². The second kappa shape index (κ2) is 4.27. The standard InChI is InChI=1S/C11H16ClNO2/c1-7-5-9(8(2)15-7)10(14)13-11(3,4)6-12/h5H,6H2,1-4H3,(H,13,14). The van der Waals surface area contributed by atoms with Crippen molar-refractivity contribution < 1.29 is 9.21 Å². The topological polar surface area (TPSA) is 42.2 Å². The third-order valence-electron chi connectivity index (χ3n) is 2.07. The molecule has 0 atom stereocenters. The number of halogens is 1. The molecule has 0 fully saturated rings. The van der Waals surface area contributed by atoms with Crippen LogP contribution in [-0.4, -0.2) is 17.3 Å². The number of amides is 1. The van der Waals surface area contributed by atoms with Gasteiger partial charge in [-0.05, 0) is 33.8 Å². The monoisotopic (exact) mass is 229 g/mol. The molecule has 1 aromatic heterocycles.